The topological polar surface area (TPSA) is 67.6 Å². The van der Waals surface area contributed by atoms with Gasteiger partial charge in [-0.3, -0.25) is 0 Å². The highest BCUT2D eigenvalue weighted by Crippen LogP contribution is 2.16. The molecule has 0 spiro atoms. The number of carbonyl (C=O) groups is 1. The Hall–Kier alpha value is -2.50. The molecule has 116 valence electrons. The lowest BCUT2D eigenvalue weighted by molar-refractivity contribution is 0.157. The number of amides is 1. The first-order valence-electron chi connectivity index (χ1n) is 7.29. The second-order valence-electron chi connectivity index (χ2n) is 5.33. The largest absolute Gasteiger partial charge is 0.448 e. The molecule has 3 rings (SSSR count). The number of rotatable bonds is 5. The Kier molecular flexibility index (Phi) is 4.00. The zero-order chi connectivity index (χ0) is 15.5. The third-order valence-corrected chi connectivity index (χ3v) is 3.62. The first-order valence-corrected chi connectivity index (χ1v) is 7.29. The van der Waals surface area contributed by atoms with Crippen LogP contribution in [0.3, 0.4) is 0 Å². The van der Waals surface area contributed by atoms with Crippen LogP contribution in [0.5, 0.6) is 0 Å². The minimum Gasteiger partial charge on any atom is -0.448 e. The molecule has 0 atom stereocenters. The highest BCUT2D eigenvalue weighted by atomic mass is 16.6. The fraction of sp³-hybridized carbons (Fsp3) is 0.375. The van der Waals surface area contributed by atoms with Crippen LogP contribution in [-0.2, 0) is 17.8 Å². The van der Waals surface area contributed by atoms with E-state index in [1.807, 2.05) is 38.1 Å². The number of hydrogen-bond acceptors (Lipinski definition) is 5. The number of aryl methyl sites for hydroxylation is 2. The summed E-state index contributed by atoms with van der Waals surface area (Å²) in [6.07, 6.45) is -0.238. The maximum absolute atomic E-state index is 11.4. The van der Waals surface area contributed by atoms with E-state index in [2.05, 4.69) is 10.3 Å². The normalized spacial score (nSPS) is 14.3. The van der Waals surface area contributed by atoms with Crippen molar-refractivity contribution < 1.29 is 13.9 Å². The molecule has 2 aromatic rings. The lowest BCUT2D eigenvalue weighted by Crippen LogP contribution is -2.23. The van der Waals surface area contributed by atoms with Gasteiger partial charge in [0.05, 0.1) is 18.8 Å². The van der Waals surface area contributed by atoms with Gasteiger partial charge in [0.15, 0.2) is 5.89 Å². The van der Waals surface area contributed by atoms with Crippen LogP contribution < -0.4 is 5.32 Å². The molecule has 1 aliphatic rings. The zero-order valence-electron chi connectivity index (χ0n) is 12.8. The molecule has 6 nitrogen and oxygen atoms in total. The third kappa shape index (κ3) is 3.21. The van der Waals surface area contributed by atoms with Crippen molar-refractivity contribution in [2.24, 2.45) is 0 Å². The average molecular weight is 301 g/mol. The second-order valence-corrected chi connectivity index (χ2v) is 5.33. The van der Waals surface area contributed by atoms with Crippen molar-refractivity contribution in [2.45, 2.75) is 26.9 Å². The molecule has 2 heterocycles. The summed E-state index contributed by atoms with van der Waals surface area (Å²) in [6, 6.07) is 8.00. The molecule has 0 aliphatic carbocycles. The lowest BCUT2D eigenvalue weighted by atomic mass is 10.2. The van der Waals surface area contributed by atoms with Crippen molar-refractivity contribution in [1.29, 1.82) is 0 Å². The summed E-state index contributed by atoms with van der Waals surface area (Å²) in [4.78, 5) is 17.4. The number of nitrogens with zero attached hydrogens (tertiary/aromatic N) is 2. The van der Waals surface area contributed by atoms with Gasteiger partial charge in [0.2, 0.25) is 0 Å². The minimum absolute atomic E-state index is 0.238. The Morgan fingerprint density at radius 3 is 2.64 bits per heavy atom. The van der Waals surface area contributed by atoms with Gasteiger partial charge in [-0.05, 0) is 24.6 Å². The van der Waals surface area contributed by atoms with Gasteiger partial charge in [0.1, 0.15) is 12.4 Å². The number of cyclic esters (lactones) is 1. The maximum atomic E-state index is 11.4. The highest BCUT2D eigenvalue weighted by Gasteiger charge is 2.21. The molecule has 22 heavy (non-hydrogen) atoms. The van der Waals surface area contributed by atoms with Crippen molar-refractivity contribution in [3.05, 3.63) is 47.2 Å². The van der Waals surface area contributed by atoms with Gasteiger partial charge in [-0.2, -0.15) is 0 Å². The number of aromatic nitrogens is 1. The van der Waals surface area contributed by atoms with Crippen molar-refractivity contribution in [1.82, 2.24) is 9.88 Å². The predicted octanol–water partition coefficient (Wildman–Crippen LogP) is 2.86. The molecule has 0 saturated carbocycles. The molecule has 1 aliphatic heterocycles. The van der Waals surface area contributed by atoms with Gasteiger partial charge in [0, 0.05) is 19.2 Å². The smallest absolute Gasteiger partial charge is 0.410 e. The molecule has 0 radical (unpaired) electrons. The average Bonchev–Trinajstić information content (AvgIpc) is 3.04. The van der Waals surface area contributed by atoms with Gasteiger partial charge in [-0.15, -0.1) is 0 Å². The van der Waals surface area contributed by atoms with E-state index < -0.39 is 0 Å². The molecular weight excluding hydrogens is 282 g/mol. The van der Waals surface area contributed by atoms with E-state index >= 15 is 0 Å². The minimum atomic E-state index is -0.238. The summed E-state index contributed by atoms with van der Waals surface area (Å²) < 4.78 is 10.4. The molecule has 1 amide bonds. The Morgan fingerprint density at radius 2 is 2.05 bits per heavy atom. The molecule has 0 unspecified atom stereocenters. The second kappa shape index (κ2) is 6.09. The molecule has 1 fully saturated rings. The lowest BCUT2D eigenvalue weighted by Gasteiger charge is -2.13. The van der Waals surface area contributed by atoms with Crippen LogP contribution in [0.4, 0.5) is 10.5 Å². The van der Waals surface area contributed by atoms with E-state index in [0.717, 1.165) is 22.7 Å². The molecule has 0 bridgehead atoms. The summed E-state index contributed by atoms with van der Waals surface area (Å²) in [7, 11) is 0. The monoisotopic (exact) mass is 301 g/mol. The Balaban J connectivity index is 1.57. The van der Waals surface area contributed by atoms with E-state index in [4.69, 9.17) is 9.15 Å². The molecular formula is C16H19N3O3. The standard InChI is InChI=1S/C16H19N3O3/c1-11-15(22-12(2)18-11)9-17-14-5-3-13(4-6-14)10-19-7-8-21-16(19)20/h3-6,17H,7-10H2,1-2H3. The summed E-state index contributed by atoms with van der Waals surface area (Å²) in [6.45, 7) is 6.10. The van der Waals surface area contributed by atoms with Crippen LogP contribution in [0.2, 0.25) is 0 Å². The fourth-order valence-electron chi connectivity index (χ4n) is 2.44. The predicted molar refractivity (Wildman–Crippen MR) is 81.5 cm³/mol. The van der Waals surface area contributed by atoms with Crippen LogP contribution in [-0.4, -0.2) is 29.1 Å². The van der Waals surface area contributed by atoms with Crippen molar-refractivity contribution in [3.63, 3.8) is 0 Å². The number of oxazole rings is 1. The Bertz CT molecular complexity index is 664. The van der Waals surface area contributed by atoms with Gasteiger partial charge in [-0.25, -0.2) is 9.78 Å². The molecule has 1 aromatic heterocycles. The number of nitrogens with one attached hydrogen (secondary N) is 1. The number of carbonyl (C=O) groups excluding carboxylic acids is 1. The van der Waals surface area contributed by atoms with Crippen molar-refractivity contribution >= 4 is 11.8 Å². The first-order chi connectivity index (χ1) is 10.6. The van der Waals surface area contributed by atoms with Crippen LogP contribution in [0, 0.1) is 13.8 Å². The summed E-state index contributed by atoms with van der Waals surface area (Å²) in [5, 5.41) is 3.31. The number of benzene rings is 1. The van der Waals surface area contributed by atoms with Crippen molar-refractivity contribution in [3.8, 4) is 0 Å². The van der Waals surface area contributed by atoms with Crippen LogP contribution in [0.25, 0.3) is 0 Å². The summed E-state index contributed by atoms with van der Waals surface area (Å²) in [5.41, 5.74) is 2.99. The SMILES string of the molecule is Cc1nc(C)c(CNc2ccc(CN3CCOC3=O)cc2)o1. The van der Waals surface area contributed by atoms with Crippen LogP contribution in [0.15, 0.2) is 28.7 Å². The van der Waals surface area contributed by atoms with Crippen LogP contribution >= 0.6 is 0 Å². The maximum Gasteiger partial charge on any atom is 0.410 e. The van der Waals surface area contributed by atoms with E-state index in [1.165, 1.54) is 0 Å². The Morgan fingerprint density at radius 1 is 1.27 bits per heavy atom. The number of hydrogen-bond donors (Lipinski definition) is 1. The highest BCUT2D eigenvalue weighted by molar-refractivity contribution is 5.69. The fourth-order valence-corrected chi connectivity index (χ4v) is 2.44. The number of anilines is 1. The quantitative estimate of drug-likeness (QED) is 0.919. The van der Waals surface area contributed by atoms with Crippen LogP contribution in [0.1, 0.15) is 22.9 Å². The summed E-state index contributed by atoms with van der Waals surface area (Å²) in [5.74, 6) is 1.53. The van der Waals surface area contributed by atoms with E-state index in [0.29, 0.717) is 32.1 Å². The number of ether oxygens (including phenoxy) is 1. The van der Waals surface area contributed by atoms with E-state index in [9.17, 15) is 4.79 Å². The summed E-state index contributed by atoms with van der Waals surface area (Å²) >= 11 is 0. The molecule has 1 saturated heterocycles. The van der Waals surface area contributed by atoms with Gasteiger partial charge in [0.25, 0.3) is 0 Å². The first kappa shape index (κ1) is 14.4. The molecule has 6 heteroatoms. The van der Waals surface area contributed by atoms with Gasteiger partial charge in [-0.1, -0.05) is 12.1 Å². The zero-order valence-corrected chi connectivity index (χ0v) is 12.8. The third-order valence-electron chi connectivity index (χ3n) is 3.62. The Labute approximate surface area is 129 Å². The molecule has 1 N–H and O–H groups in total. The molecule has 1 aromatic carbocycles. The van der Waals surface area contributed by atoms with Crippen molar-refractivity contribution in [2.75, 3.05) is 18.5 Å². The van der Waals surface area contributed by atoms with Gasteiger partial charge >= 0.3 is 6.09 Å². The van der Waals surface area contributed by atoms with E-state index in [-0.39, 0.29) is 6.09 Å². The van der Waals surface area contributed by atoms with E-state index in [1.54, 1.807) is 4.90 Å². The van der Waals surface area contributed by atoms with Gasteiger partial charge < -0.3 is 19.4 Å².